The summed E-state index contributed by atoms with van der Waals surface area (Å²) in [6.45, 7) is 1.32. The van der Waals surface area contributed by atoms with Gasteiger partial charge in [-0.3, -0.25) is 4.79 Å². The number of rotatable bonds is 4. The number of halogens is 4. The van der Waals surface area contributed by atoms with Gasteiger partial charge in [0.25, 0.3) is 0 Å². The molecule has 29 heavy (non-hydrogen) atoms. The van der Waals surface area contributed by atoms with Crippen molar-refractivity contribution in [2.24, 2.45) is 11.8 Å². The van der Waals surface area contributed by atoms with E-state index in [4.69, 9.17) is 55.9 Å². The van der Waals surface area contributed by atoms with Gasteiger partial charge in [-0.15, -0.1) is 0 Å². The molecule has 0 spiro atoms. The number of esters is 1. The SMILES string of the molecule is COc1c(Cl)cc(C2(c3cc(Cl)c(OC(C)=O)c(Cl)c3)CC3CCC2C3)cc1Cl. The smallest absolute Gasteiger partial charge is 0.308 e. The van der Waals surface area contributed by atoms with Crippen LogP contribution in [0.1, 0.15) is 43.7 Å². The highest BCUT2D eigenvalue weighted by atomic mass is 35.5. The van der Waals surface area contributed by atoms with Crippen LogP contribution in [0.15, 0.2) is 24.3 Å². The Morgan fingerprint density at radius 1 is 0.931 bits per heavy atom. The summed E-state index contributed by atoms with van der Waals surface area (Å²) in [6.07, 6.45) is 4.45. The molecule has 2 aliphatic carbocycles. The Morgan fingerprint density at radius 3 is 1.83 bits per heavy atom. The highest BCUT2D eigenvalue weighted by Gasteiger charge is 2.53. The zero-order chi connectivity index (χ0) is 20.9. The monoisotopic (exact) mass is 472 g/mol. The fourth-order valence-corrected chi connectivity index (χ4v) is 6.48. The van der Waals surface area contributed by atoms with Crippen LogP contribution in [-0.4, -0.2) is 13.1 Å². The van der Waals surface area contributed by atoms with E-state index in [1.807, 2.05) is 24.3 Å². The third-order valence-electron chi connectivity index (χ3n) is 6.33. The van der Waals surface area contributed by atoms with E-state index in [-0.39, 0.29) is 11.2 Å². The highest BCUT2D eigenvalue weighted by molar-refractivity contribution is 6.38. The van der Waals surface area contributed by atoms with Crippen molar-refractivity contribution in [3.05, 3.63) is 55.5 Å². The van der Waals surface area contributed by atoms with Gasteiger partial charge in [0.1, 0.15) is 0 Å². The van der Waals surface area contributed by atoms with E-state index in [1.54, 1.807) is 7.11 Å². The topological polar surface area (TPSA) is 35.5 Å². The number of methoxy groups -OCH3 is 1. The second-order valence-electron chi connectivity index (χ2n) is 7.89. The summed E-state index contributed by atoms with van der Waals surface area (Å²) in [6, 6.07) is 7.60. The lowest BCUT2D eigenvalue weighted by atomic mass is 9.64. The lowest BCUT2D eigenvalue weighted by Gasteiger charge is -2.40. The van der Waals surface area contributed by atoms with Gasteiger partial charge >= 0.3 is 5.97 Å². The summed E-state index contributed by atoms with van der Waals surface area (Å²) >= 11 is 26.0. The molecule has 3 nitrogen and oxygen atoms in total. The lowest BCUT2D eigenvalue weighted by molar-refractivity contribution is -0.131. The Bertz CT molecular complexity index is 944. The first-order valence-electron chi connectivity index (χ1n) is 9.47. The summed E-state index contributed by atoms with van der Waals surface area (Å²) < 4.78 is 10.5. The van der Waals surface area contributed by atoms with Crippen molar-refractivity contribution in [1.82, 2.24) is 0 Å². The van der Waals surface area contributed by atoms with Crippen molar-refractivity contribution in [3.8, 4) is 11.5 Å². The van der Waals surface area contributed by atoms with Crippen LogP contribution >= 0.6 is 46.4 Å². The van der Waals surface area contributed by atoms with E-state index in [1.165, 1.54) is 13.3 Å². The summed E-state index contributed by atoms with van der Waals surface area (Å²) in [5.74, 6) is 1.25. The molecule has 2 aliphatic rings. The summed E-state index contributed by atoms with van der Waals surface area (Å²) in [5, 5.41) is 1.59. The Kier molecular flexibility index (Phi) is 5.71. The third-order valence-corrected chi connectivity index (χ3v) is 7.45. The maximum atomic E-state index is 11.4. The van der Waals surface area contributed by atoms with Crippen molar-refractivity contribution in [3.63, 3.8) is 0 Å². The maximum Gasteiger partial charge on any atom is 0.308 e. The van der Waals surface area contributed by atoms with Crippen LogP contribution < -0.4 is 9.47 Å². The van der Waals surface area contributed by atoms with E-state index in [0.29, 0.717) is 37.7 Å². The number of carbonyl (C=O) groups is 1. The molecule has 2 aromatic rings. The van der Waals surface area contributed by atoms with Crippen molar-refractivity contribution in [2.75, 3.05) is 7.11 Å². The van der Waals surface area contributed by atoms with Crippen LogP contribution in [0.2, 0.25) is 20.1 Å². The maximum absolute atomic E-state index is 11.4. The molecule has 2 fully saturated rings. The average molecular weight is 474 g/mol. The molecule has 3 atom stereocenters. The second-order valence-corrected chi connectivity index (χ2v) is 9.52. The van der Waals surface area contributed by atoms with E-state index in [2.05, 4.69) is 0 Å². The quantitative estimate of drug-likeness (QED) is 0.344. The first-order chi connectivity index (χ1) is 13.8. The fraction of sp³-hybridized carbons (Fsp3) is 0.409. The minimum atomic E-state index is -0.468. The highest BCUT2D eigenvalue weighted by Crippen LogP contribution is 2.61. The lowest BCUT2D eigenvalue weighted by Crippen LogP contribution is -2.34. The standard InChI is InChI=1S/C22H20Cl4O3/c1-11(27)29-21-18(25)8-15(9-19(21)26)22(10-12-3-4-13(22)5-12)14-6-16(23)20(28-2)17(24)7-14/h6-9,12-13H,3-5,10H2,1-2H3. The molecule has 4 rings (SSSR count). The fourth-order valence-electron chi connectivity index (χ4n) is 5.27. The normalized spacial score (nSPS) is 25.3. The van der Waals surface area contributed by atoms with Crippen molar-refractivity contribution in [1.29, 1.82) is 0 Å². The summed E-state index contributed by atoms with van der Waals surface area (Å²) in [7, 11) is 1.55. The van der Waals surface area contributed by atoms with Crippen LogP contribution in [0.4, 0.5) is 0 Å². The molecule has 0 aliphatic heterocycles. The van der Waals surface area contributed by atoms with Crippen LogP contribution in [0.5, 0.6) is 11.5 Å². The van der Waals surface area contributed by atoms with E-state index in [9.17, 15) is 4.79 Å². The van der Waals surface area contributed by atoms with E-state index >= 15 is 0 Å². The number of carbonyl (C=O) groups excluding carboxylic acids is 1. The molecule has 2 aromatic carbocycles. The molecule has 0 aromatic heterocycles. The number of benzene rings is 2. The third kappa shape index (κ3) is 3.50. The molecular weight excluding hydrogens is 454 g/mol. The molecule has 2 saturated carbocycles. The molecule has 0 radical (unpaired) electrons. The second kappa shape index (κ2) is 7.85. The molecule has 154 valence electrons. The van der Waals surface area contributed by atoms with Crippen LogP contribution in [0.3, 0.4) is 0 Å². The van der Waals surface area contributed by atoms with Crippen LogP contribution in [0.25, 0.3) is 0 Å². The Hall–Kier alpha value is -1.13. The van der Waals surface area contributed by atoms with Gasteiger partial charge < -0.3 is 9.47 Å². The molecule has 0 N–H and O–H groups in total. The Balaban J connectivity index is 1.90. The zero-order valence-electron chi connectivity index (χ0n) is 16.0. The van der Waals surface area contributed by atoms with Crippen molar-refractivity contribution in [2.45, 2.75) is 38.0 Å². The number of ether oxygens (including phenoxy) is 2. The molecule has 2 bridgehead atoms. The van der Waals surface area contributed by atoms with Crippen LogP contribution in [-0.2, 0) is 10.2 Å². The Labute approximate surface area is 190 Å². The van der Waals surface area contributed by atoms with E-state index < -0.39 is 5.97 Å². The minimum Gasteiger partial charge on any atom is -0.494 e. The predicted molar refractivity (Wildman–Crippen MR) is 117 cm³/mol. The molecule has 0 amide bonds. The molecule has 0 saturated heterocycles. The Morgan fingerprint density at radius 2 is 1.45 bits per heavy atom. The van der Waals surface area contributed by atoms with Crippen LogP contribution in [0, 0.1) is 11.8 Å². The summed E-state index contributed by atoms with van der Waals surface area (Å²) in [4.78, 5) is 11.4. The first kappa shape index (κ1) is 21.1. The van der Waals surface area contributed by atoms with Gasteiger partial charge in [0, 0.05) is 12.3 Å². The summed E-state index contributed by atoms with van der Waals surface area (Å²) in [5.41, 5.74) is 1.73. The molecular formula is C22H20Cl4O3. The number of hydrogen-bond donors (Lipinski definition) is 0. The predicted octanol–water partition coefficient (Wildman–Crippen LogP) is 7.34. The number of fused-ring (bicyclic) bond motifs is 2. The van der Waals surface area contributed by atoms with Gasteiger partial charge in [-0.05, 0) is 66.5 Å². The van der Waals surface area contributed by atoms with Crippen molar-refractivity contribution < 1.29 is 14.3 Å². The van der Waals surface area contributed by atoms with Gasteiger partial charge in [0.2, 0.25) is 0 Å². The number of hydrogen-bond acceptors (Lipinski definition) is 3. The zero-order valence-corrected chi connectivity index (χ0v) is 19.1. The molecule has 3 unspecified atom stereocenters. The average Bonchev–Trinajstić information content (AvgIpc) is 3.26. The van der Waals surface area contributed by atoms with Gasteiger partial charge in [-0.2, -0.15) is 0 Å². The van der Waals surface area contributed by atoms with Gasteiger partial charge in [0.05, 0.1) is 27.2 Å². The molecule has 0 heterocycles. The van der Waals surface area contributed by atoms with E-state index in [0.717, 1.165) is 30.4 Å². The largest absolute Gasteiger partial charge is 0.494 e. The van der Waals surface area contributed by atoms with Gasteiger partial charge in [-0.25, -0.2) is 0 Å². The minimum absolute atomic E-state index is 0.189. The molecule has 7 heteroatoms. The first-order valence-corrected chi connectivity index (χ1v) is 11.0. The van der Waals surface area contributed by atoms with Gasteiger partial charge in [0.15, 0.2) is 11.5 Å². The van der Waals surface area contributed by atoms with Crippen molar-refractivity contribution >= 4 is 52.4 Å². The van der Waals surface area contributed by atoms with Gasteiger partial charge in [-0.1, -0.05) is 52.8 Å².